The van der Waals surface area contributed by atoms with Gasteiger partial charge in [-0.2, -0.15) is 5.10 Å². The highest BCUT2D eigenvalue weighted by molar-refractivity contribution is 9.10. The first-order chi connectivity index (χ1) is 14.5. The van der Waals surface area contributed by atoms with Crippen molar-refractivity contribution >= 4 is 44.8 Å². The van der Waals surface area contributed by atoms with Crippen molar-refractivity contribution in [2.75, 3.05) is 7.11 Å². The van der Waals surface area contributed by atoms with Gasteiger partial charge in [-0.1, -0.05) is 63.4 Å². The number of hydrogen-bond acceptors (Lipinski definition) is 4. The molecular formula is C23H17BrCl2N2O2. The summed E-state index contributed by atoms with van der Waals surface area (Å²) in [6.45, 7) is 0. The van der Waals surface area contributed by atoms with Crippen molar-refractivity contribution in [2.45, 2.75) is 18.7 Å². The molecule has 5 rings (SSSR count). The molecule has 0 radical (unpaired) electrons. The molecule has 152 valence electrons. The summed E-state index contributed by atoms with van der Waals surface area (Å²) >= 11 is 16.4. The molecule has 2 aliphatic rings. The first kappa shape index (κ1) is 19.7. The van der Waals surface area contributed by atoms with E-state index in [1.165, 1.54) is 0 Å². The maximum absolute atomic E-state index is 6.53. The largest absolute Gasteiger partial charge is 0.496 e. The lowest BCUT2D eigenvalue weighted by molar-refractivity contribution is -0.0202. The van der Waals surface area contributed by atoms with Crippen molar-refractivity contribution in [3.63, 3.8) is 0 Å². The van der Waals surface area contributed by atoms with Crippen LogP contribution in [0.2, 0.25) is 10.0 Å². The van der Waals surface area contributed by atoms with Crippen LogP contribution in [-0.4, -0.2) is 17.8 Å². The summed E-state index contributed by atoms with van der Waals surface area (Å²) in [7, 11) is 1.65. The number of benzene rings is 3. The highest BCUT2D eigenvalue weighted by atomic mass is 79.9. The zero-order valence-electron chi connectivity index (χ0n) is 16.0. The molecule has 3 aromatic rings. The van der Waals surface area contributed by atoms with E-state index in [9.17, 15) is 0 Å². The lowest BCUT2D eigenvalue weighted by Crippen LogP contribution is -2.34. The average molecular weight is 504 g/mol. The predicted molar refractivity (Wildman–Crippen MR) is 123 cm³/mol. The maximum atomic E-state index is 6.53. The number of rotatable bonds is 3. The monoisotopic (exact) mass is 502 g/mol. The van der Waals surface area contributed by atoms with Gasteiger partial charge in [0.15, 0.2) is 0 Å². The molecule has 0 fully saturated rings. The van der Waals surface area contributed by atoms with Crippen LogP contribution in [0.1, 0.15) is 35.4 Å². The van der Waals surface area contributed by atoms with E-state index < -0.39 is 6.23 Å². The van der Waals surface area contributed by atoms with Crippen LogP contribution in [-0.2, 0) is 0 Å². The molecule has 0 saturated heterocycles. The third-order valence-corrected chi connectivity index (χ3v) is 6.42. The summed E-state index contributed by atoms with van der Waals surface area (Å²) in [4.78, 5) is 0. The predicted octanol–water partition coefficient (Wildman–Crippen LogP) is 7.01. The van der Waals surface area contributed by atoms with E-state index in [1.54, 1.807) is 13.2 Å². The molecule has 2 heterocycles. The van der Waals surface area contributed by atoms with Crippen LogP contribution in [0.15, 0.2) is 70.2 Å². The zero-order chi connectivity index (χ0) is 20.8. The number of nitrogens with zero attached hydrogens (tertiary/aromatic N) is 2. The highest BCUT2D eigenvalue weighted by Crippen LogP contribution is 2.51. The molecule has 0 amide bonds. The lowest BCUT2D eigenvalue weighted by Gasteiger charge is -2.39. The van der Waals surface area contributed by atoms with Crippen LogP contribution in [0.3, 0.4) is 0 Å². The van der Waals surface area contributed by atoms with Crippen LogP contribution < -0.4 is 9.47 Å². The van der Waals surface area contributed by atoms with Gasteiger partial charge >= 0.3 is 0 Å². The van der Waals surface area contributed by atoms with Crippen LogP contribution in [0.5, 0.6) is 11.5 Å². The standard InChI is InChI=1S/C23H17BrCl2N2O2/c1-29-21-5-3-2-4-16(21)23-28-20(17-10-15(25)11-18(26)22(17)30-23)12-19(27-28)13-6-8-14(24)9-7-13/h2-11,20,23H,12H2,1H3. The van der Waals surface area contributed by atoms with Gasteiger partial charge in [-0.05, 0) is 42.0 Å². The molecule has 0 aromatic heterocycles. The Morgan fingerprint density at radius 2 is 1.83 bits per heavy atom. The van der Waals surface area contributed by atoms with Crippen LogP contribution in [0.4, 0.5) is 0 Å². The Balaban J connectivity index is 1.65. The van der Waals surface area contributed by atoms with E-state index >= 15 is 0 Å². The normalized spacial score (nSPS) is 19.6. The number of hydrogen-bond donors (Lipinski definition) is 0. The van der Waals surface area contributed by atoms with E-state index in [2.05, 4.69) is 28.1 Å². The summed E-state index contributed by atoms with van der Waals surface area (Å²) < 4.78 is 13.0. The van der Waals surface area contributed by atoms with Gasteiger partial charge in [0.25, 0.3) is 0 Å². The Morgan fingerprint density at radius 3 is 2.60 bits per heavy atom. The number of hydrazone groups is 1. The molecule has 2 aliphatic heterocycles. The van der Waals surface area contributed by atoms with Crippen molar-refractivity contribution in [3.8, 4) is 11.5 Å². The third-order valence-electron chi connectivity index (χ3n) is 5.39. The van der Waals surface area contributed by atoms with Crippen LogP contribution in [0.25, 0.3) is 0 Å². The highest BCUT2D eigenvalue weighted by Gasteiger charge is 2.42. The van der Waals surface area contributed by atoms with Crippen LogP contribution in [0, 0.1) is 0 Å². The SMILES string of the molecule is COc1ccccc1C1Oc2c(Cl)cc(Cl)cc2C2CC(c3ccc(Br)cc3)=NN21. The van der Waals surface area contributed by atoms with Gasteiger partial charge in [-0.25, -0.2) is 5.01 Å². The fraction of sp³-hybridized carbons (Fsp3) is 0.174. The Bertz CT molecular complexity index is 1150. The molecule has 2 atom stereocenters. The molecule has 0 saturated carbocycles. The first-order valence-corrected chi connectivity index (χ1v) is 11.0. The number of para-hydroxylation sites is 1. The zero-order valence-corrected chi connectivity index (χ0v) is 19.1. The summed E-state index contributed by atoms with van der Waals surface area (Å²) in [5, 5.41) is 8.03. The number of fused-ring (bicyclic) bond motifs is 3. The van der Waals surface area contributed by atoms with Gasteiger partial charge in [0.2, 0.25) is 6.23 Å². The van der Waals surface area contributed by atoms with Crippen molar-refractivity contribution in [1.29, 1.82) is 0 Å². The van der Waals surface area contributed by atoms with E-state index in [4.69, 9.17) is 37.8 Å². The minimum absolute atomic E-state index is 0.0430. The molecule has 7 heteroatoms. The molecule has 3 aromatic carbocycles. The van der Waals surface area contributed by atoms with E-state index in [0.29, 0.717) is 15.8 Å². The van der Waals surface area contributed by atoms with Crippen molar-refractivity contribution < 1.29 is 9.47 Å². The Morgan fingerprint density at radius 1 is 1.07 bits per heavy atom. The third kappa shape index (κ3) is 3.35. The van der Waals surface area contributed by atoms with Crippen LogP contribution >= 0.6 is 39.1 Å². The summed E-state index contributed by atoms with van der Waals surface area (Å²) in [6, 6.07) is 19.5. The molecular weight excluding hydrogens is 487 g/mol. The van der Waals surface area contributed by atoms with Gasteiger partial charge in [0.05, 0.1) is 29.4 Å². The maximum Gasteiger partial charge on any atom is 0.217 e. The second kappa shape index (κ2) is 7.80. The van der Waals surface area contributed by atoms with Crippen molar-refractivity contribution in [1.82, 2.24) is 5.01 Å². The summed E-state index contributed by atoms with van der Waals surface area (Å²) in [5.41, 5.74) is 3.89. The minimum Gasteiger partial charge on any atom is -0.496 e. The van der Waals surface area contributed by atoms with Crippen molar-refractivity contribution in [2.24, 2.45) is 5.10 Å². The van der Waals surface area contributed by atoms with Gasteiger partial charge < -0.3 is 9.47 Å². The van der Waals surface area contributed by atoms with Gasteiger partial charge in [-0.15, -0.1) is 0 Å². The lowest BCUT2D eigenvalue weighted by atomic mass is 9.95. The Kier molecular flexibility index (Phi) is 5.13. The fourth-order valence-corrected chi connectivity index (χ4v) is 4.82. The van der Waals surface area contributed by atoms with E-state index in [0.717, 1.165) is 39.0 Å². The molecule has 4 nitrogen and oxygen atoms in total. The second-order valence-electron chi connectivity index (χ2n) is 7.17. The second-order valence-corrected chi connectivity index (χ2v) is 8.93. The number of halogens is 3. The fourth-order valence-electron chi connectivity index (χ4n) is 4.01. The van der Waals surface area contributed by atoms with Gasteiger partial charge in [-0.3, -0.25) is 0 Å². The summed E-state index contributed by atoms with van der Waals surface area (Å²) in [6.07, 6.45) is 0.255. The average Bonchev–Trinajstić information content (AvgIpc) is 3.19. The molecule has 0 bridgehead atoms. The number of methoxy groups -OCH3 is 1. The molecule has 0 aliphatic carbocycles. The number of ether oxygens (including phenoxy) is 2. The minimum atomic E-state index is -0.467. The van der Waals surface area contributed by atoms with Crippen molar-refractivity contribution in [3.05, 3.63) is 91.9 Å². The molecule has 0 spiro atoms. The van der Waals surface area contributed by atoms with Gasteiger partial charge in [0.1, 0.15) is 11.5 Å². The Labute approximate surface area is 193 Å². The molecule has 0 N–H and O–H groups in total. The topological polar surface area (TPSA) is 34.1 Å². The molecule has 30 heavy (non-hydrogen) atoms. The van der Waals surface area contributed by atoms with E-state index in [-0.39, 0.29) is 6.04 Å². The van der Waals surface area contributed by atoms with Gasteiger partial charge in [0, 0.05) is 21.5 Å². The Hall–Kier alpha value is -2.21. The first-order valence-electron chi connectivity index (χ1n) is 9.45. The molecule has 2 unspecified atom stereocenters. The smallest absolute Gasteiger partial charge is 0.217 e. The van der Waals surface area contributed by atoms with E-state index in [1.807, 2.05) is 47.5 Å². The quantitative estimate of drug-likeness (QED) is 0.385. The summed E-state index contributed by atoms with van der Waals surface area (Å²) in [5.74, 6) is 1.38.